The molecule has 0 amide bonds. The Bertz CT molecular complexity index is 398. The smallest absolute Gasteiger partial charge is 0.123 e. The van der Waals surface area contributed by atoms with Crippen molar-refractivity contribution < 1.29 is 8.60 Å². The summed E-state index contributed by atoms with van der Waals surface area (Å²) in [6.45, 7) is 5.56. The van der Waals surface area contributed by atoms with Gasteiger partial charge >= 0.3 is 0 Å². The highest BCUT2D eigenvalue weighted by Crippen LogP contribution is 2.14. The lowest BCUT2D eigenvalue weighted by Gasteiger charge is -2.17. The van der Waals surface area contributed by atoms with E-state index in [-0.39, 0.29) is 5.82 Å². The lowest BCUT2D eigenvalue weighted by atomic mass is 10.1. The molecule has 4 heteroatoms. The summed E-state index contributed by atoms with van der Waals surface area (Å²) in [5.74, 6) is 0.497. The second kappa shape index (κ2) is 5.06. The lowest BCUT2D eigenvalue weighted by molar-refractivity contribution is 0.577. The minimum Gasteiger partial charge on any atom is -0.325 e. The van der Waals surface area contributed by atoms with E-state index in [0.717, 1.165) is 11.1 Å². The van der Waals surface area contributed by atoms with Crippen molar-refractivity contribution in [1.82, 2.24) is 0 Å². The van der Waals surface area contributed by atoms with E-state index in [1.54, 1.807) is 6.07 Å². The summed E-state index contributed by atoms with van der Waals surface area (Å²) in [5, 5.41) is 0. The zero-order valence-corrected chi connectivity index (χ0v) is 10.7. The summed E-state index contributed by atoms with van der Waals surface area (Å²) in [6, 6.07) is 4.56. The molecule has 0 saturated heterocycles. The molecule has 0 aliphatic carbocycles. The number of halogens is 1. The Balaban J connectivity index is 2.73. The van der Waals surface area contributed by atoms with E-state index in [0.29, 0.717) is 11.5 Å². The van der Waals surface area contributed by atoms with Crippen LogP contribution in [0.5, 0.6) is 0 Å². The summed E-state index contributed by atoms with van der Waals surface area (Å²) in [7, 11) is -1.05. The average Bonchev–Trinajstić information content (AvgIpc) is 2.08. The molecule has 1 rings (SSSR count). The van der Waals surface area contributed by atoms with E-state index < -0.39 is 16.3 Å². The minimum atomic E-state index is -1.05. The fourth-order valence-corrected chi connectivity index (χ4v) is 3.02. The molecule has 0 aliphatic heterocycles. The predicted octanol–water partition coefficient (Wildman–Crippen LogP) is 2.12. The van der Waals surface area contributed by atoms with E-state index in [9.17, 15) is 8.60 Å². The Morgan fingerprint density at radius 3 is 2.62 bits per heavy atom. The van der Waals surface area contributed by atoms with Gasteiger partial charge in [0.05, 0.1) is 0 Å². The van der Waals surface area contributed by atoms with E-state index in [1.807, 2.05) is 20.8 Å². The molecule has 1 aromatic carbocycles. The van der Waals surface area contributed by atoms with Gasteiger partial charge in [-0.05, 0) is 44.0 Å². The molecule has 1 atom stereocenters. The van der Waals surface area contributed by atoms with E-state index in [1.165, 1.54) is 12.1 Å². The summed E-state index contributed by atoms with van der Waals surface area (Å²) in [4.78, 5) is 0. The molecular formula is C12H18FNOS. The van der Waals surface area contributed by atoms with Crippen molar-refractivity contribution in [2.45, 2.75) is 32.1 Å². The second-order valence-corrected chi connectivity index (χ2v) is 6.24. The van der Waals surface area contributed by atoms with Crippen molar-refractivity contribution in [1.29, 1.82) is 0 Å². The monoisotopic (exact) mass is 243 g/mol. The fraction of sp³-hybridized carbons (Fsp3) is 0.500. The van der Waals surface area contributed by atoms with Crippen LogP contribution in [0.3, 0.4) is 0 Å². The minimum absolute atomic E-state index is 0.287. The van der Waals surface area contributed by atoms with Gasteiger partial charge in [-0.25, -0.2) is 4.39 Å². The molecule has 90 valence electrons. The number of rotatable bonds is 4. The van der Waals surface area contributed by atoms with Crippen molar-refractivity contribution in [3.05, 3.63) is 35.1 Å². The first-order valence-electron chi connectivity index (χ1n) is 5.17. The van der Waals surface area contributed by atoms with Gasteiger partial charge < -0.3 is 5.73 Å². The first-order valence-corrected chi connectivity index (χ1v) is 6.65. The molecule has 16 heavy (non-hydrogen) atoms. The Labute approximate surface area is 98.5 Å². The molecule has 0 aromatic heterocycles. The number of hydrogen-bond acceptors (Lipinski definition) is 2. The third kappa shape index (κ3) is 4.41. The molecule has 0 bridgehead atoms. The molecule has 2 N–H and O–H groups in total. The van der Waals surface area contributed by atoms with Gasteiger partial charge in [-0.1, -0.05) is 6.07 Å². The Morgan fingerprint density at radius 2 is 2.06 bits per heavy atom. The van der Waals surface area contributed by atoms with Crippen LogP contribution in [-0.2, 0) is 16.6 Å². The Morgan fingerprint density at radius 1 is 1.44 bits per heavy atom. The van der Waals surface area contributed by atoms with Gasteiger partial charge in [0.1, 0.15) is 5.82 Å². The molecule has 2 nitrogen and oxygen atoms in total. The SMILES string of the molecule is Cc1ccc(F)cc1CS(=O)CC(C)(C)N. The van der Waals surface area contributed by atoms with Crippen molar-refractivity contribution in [3.63, 3.8) is 0 Å². The van der Waals surface area contributed by atoms with Gasteiger partial charge in [0.25, 0.3) is 0 Å². The third-order valence-corrected chi connectivity index (χ3v) is 3.86. The number of benzene rings is 1. The van der Waals surface area contributed by atoms with E-state index in [4.69, 9.17) is 5.73 Å². The highest BCUT2D eigenvalue weighted by Gasteiger charge is 2.16. The second-order valence-electron chi connectivity index (χ2n) is 4.79. The first-order chi connectivity index (χ1) is 7.28. The predicted molar refractivity (Wildman–Crippen MR) is 66.1 cm³/mol. The summed E-state index contributed by atoms with van der Waals surface area (Å²) in [6.07, 6.45) is 0. The van der Waals surface area contributed by atoms with Gasteiger partial charge in [-0.15, -0.1) is 0 Å². The van der Waals surface area contributed by atoms with Gasteiger partial charge in [-0.2, -0.15) is 0 Å². The molecule has 1 unspecified atom stereocenters. The molecule has 0 aliphatic rings. The number of hydrogen-bond donors (Lipinski definition) is 1. The normalized spacial score (nSPS) is 13.8. The maximum atomic E-state index is 13.0. The summed E-state index contributed by atoms with van der Waals surface area (Å²) in [5.41, 5.74) is 7.10. The zero-order valence-electron chi connectivity index (χ0n) is 9.92. The van der Waals surface area contributed by atoms with Crippen LogP contribution in [0.1, 0.15) is 25.0 Å². The van der Waals surface area contributed by atoms with Crippen molar-refractivity contribution in [2.24, 2.45) is 5.73 Å². The average molecular weight is 243 g/mol. The maximum absolute atomic E-state index is 13.0. The van der Waals surface area contributed by atoms with Gasteiger partial charge in [-0.3, -0.25) is 4.21 Å². The largest absolute Gasteiger partial charge is 0.325 e. The molecule has 0 radical (unpaired) electrons. The zero-order chi connectivity index (χ0) is 12.3. The van der Waals surface area contributed by atoms with Crippen molar-refractivity contribution >= 4 is 10.8 Å². The molecule has 0 spiro atoms. The number of aryl methyl sites for hydroxylation is 1. The molecule has 1 aromatic rings. The maximum Gasteiger partial charge on any atom is 0.123 e. The number of nitrogens with two attached hydrogens (primary N) is 1. The molecule has 0 heterocycles. The van der Waals surface area contributed by atoms with Crippen molar-refractivity contribution in [3.8, 4) is 0 Å². The highest BCUT2D eigenvalue weighted by molar-refractivity contribution is 7.84. The highest BCUT2D eigenvalue weighted by atomic mass is 32.2. The molecule has 0 fully saturated rings. The summed E-state index contributed by atoms with van der Waals surface area (Å²) < 4.78 is 24.8. The van der Waals surface area contributed by atoms with Crippen LogP contribution in [-0.4, -0.2) is 15.5 Å². The topological polar surface area (TPSA) is 43.1 Å². The van der Waals surface area contributed by atoms with Crippen LogP contribution in [0.4, 0.5) is 4.39 Å². The van der Waals surface area contributed by atoms with Crippen LogP contribution in [0.2, 0.25) is 0 Å². The van der Waals surface area contributed by atoms with E-state index in [2.05, 4.69) is 0 Å². The molecular weight excluding hydrogens is 225 g/mol. The third-order valence-electron chi connectivity index (χ3n) is 2.16. The summed E-state index contributed by atoms with van der Waals surface area (Å²) >= 11 is 0. The Hall–Kier alpha value is -0.740. The van der Waals surface area contributed by atoms with Crippen LogP contribution < -0.4 is 5.73 Å². The first kappa shape index (κ1) is 13.3. The Kier molecular flexibility index (Phi) is 4.21. The standard InChI is InChI=1S/C12H18FNOS/c1-9-4-5-11(13)6-10(9)7-16(15)8-12(2,3)14/h4-6H,7-8,14H2,1-3H3. The lowest BCUT2D eigenvalue weighted by Crippen LogP contribution is -2.38. The van der Waals surface area contributed by atoms with Crippen LogP contribution >= 0.6 is 0 Å². The fourth-order valence-electron chi connectivity index (χ4n) is 1.43. The van der Waals surface area contributed by atoms with Crippen molar-refractivity contribution in [2.75, 3.05) is 5.75 Å². The molecule has 0 saturated carbocycles. The van der Waals surface area contributed by atoms with Crippen LogP contribution in [0.15, 0.2) is 18.2 Å². The van der Waals surface area contributed by atoms with Gasteiger partial charge in [0.2, 0.25) is 0 Å². The van der Waals surface area contributed by atoms with Crippen LogP contribution in [0, 0.1) is 12.7 Å². The van der Waals surface area contributed by atoms with E-state index >= 15 is 0 Å². The van der Waals surface area contributed by atoms with Crippen LogP contribution in [0.25, 0.3) is 0 Å². The van der Waals surface area contributed by atoms with Gasteiger partial charge in [0.15, 0.2) is 0 Å². The quantitative estimate of drug-likeness (QED) is 0.880. The van der Waals surface area contributed by atoms with Gasteiger partial charge in [0, 0.05) is 27.8 Å².